The molecule has 2 saturated carbocycles. The van der Waals surface area contributed by atoms with Gasteiger partial charge in [0, 0.05) is 36.6 Å². The van der Waals surface area contributed by atoms with Crippen molar-refractivity contribution >= 4 is 28.9 Å². The van der Waals surface area contributed by atoms with Crippen LogP contribution in [-0.4, -0.2) is 40.9 Å². The summed E-state index contributed by atoms with van der Waals surface area (Å²) >= 11 is 1.29. The molecule has 2 heterocycles. The van der Waals surface area contributed by atoms with Gasteiger partial charge in [-0.15, -0.1) is 16.4 Å². The first-order valence-corrected chi connectivity index (χ1v) is 15.1. The molecule has 0 N–H and O–H groups in total. The number of methoxy groups -OCH3 is 1. The van der Waals surface area contributed by atoms with Crippen molar-refractivity contribution in [1.29, 1.82) is 0 Å². The third-order valence-electron chi connectivity index (χ3n) is 7.74. The van der Waals surface area contributed by atoms with Gasteiger partial charge >= 0.3 is 5.97 Å². The Morgan fingerprint density at radius 3 is 2.35 bits per heavy atom. The van der Waals surface area contributed by atoms with Crippen molar-refractivity contribution in [1.82, 2.24) is 9.78 Å². The highest BCUT2D eigenvalue weighted by molar-refractivity contribution is 7.15. The quantitative estimate of drug-likeness (QED) is 0.335. The van der Waals surface area contributed by atoms with Gasteiger partial charge in [-0.2, -0.15) is 0 Å². The maximum absolute atomic E-state index is 14.2. The fourth-order valence-corrected chi connectivity index (χ4v) is 6.37. The lowest BCUT2D eigenvalue weighted by atomic mass is 9.81. The summed E-state index contributed by atoms with van der Waals surface area (Å²) in [6.07, 6.45) is 6.65. The molecule has 2 aliphatic carbocycles. The van der Waals surface area contributed by atoms with Gasteiger partial charge in [0.1, 0.15) is 11.0 Å². The number of hydrogen-bond donors (Lipinski definition) is 0. The van der Waals surface area contributed by atoms with Gasteiger partial charge in [0.2, 0.25) is 11.8 Å². The number of nitrogens with zero attached hydrogens (tertiary/aromatic N) is 3. The zero-order chi connectivity index (χ0) is 29.0. The summed E-state index contributed by atoms with van der Waals surface area (Å²) in [7, 11) is 2.97. The number of rotatable bonds is 6. The molecule has 216 valence electrons. The first-order chi connectivity index (χ1) is 18.9. The SMILES string of the molecule is COC(=O)c1sc(C#CC(C)(C)C)cc1N(C(=O)C1CCC(C)CC1)C1CCC(Oc2ccc(=O)n(C)n2)CC1. The number of carbonyl (C=O) groups excluding carboxylic acids is 2. The van der Waals surface area contributed by atoms with Crippen LogP contribution >= 0.6 is 11.3 Å². The molecule has 0 unspecified atom stereocenters. The first-order valence-electron chi connectivity index (χ1n) is 14.2. The highest BCUT2D eigenvalue weighted by Crippen LogP contribution is 2.39. The predicted molar refractivity (Wildman–Crippen MR) is 157 cm³/mol. The summed E-state index contributed by atoms with van der Waals surface area (Å²) in [6.45, 7) is 8.37. The predicted octanol–water partition coefficient (Wildman–Crippen LogP) is 5.58. The van der Waals surface area contributed by atoms with E-state index in [0.29, 0.717) is 22.4 Å². The van der Waals surface area contributed by atoms with Crippen LogP contribution in [-0.2, 0) is 16.6 Å². The molecule has 2 aromatic heterocycles. The van der Waals surface area contributed by atoms with E-state index in [0.717, 1.165) is 56.2 Å². The third-order valence-corrected chi connectivity index (χ3v) is 8.76. The summed E-state index contributed by atoms with van der Waals surface area (Å²) in [6, 6.07) is 4.88. The van der Waals surface area contributed by atoms with Crippen LogP contribution < -0.4 is 15.2 Å². The van der Waals surface area contributed by atoms with Gasteiger partial charge in [-0.1, -0.05) is 18.8 Å². The Kier molecular flexibility index (Phi) is 9.40. The van der Waals surface area contributed by atoms with Crippen LogP contribution in [0.15, 0.2) is 23.0 Å². The molecule has 8 nitrogen and oxygen atoms in total. The topological polar surface area (TPSA) is 90.7 Å². The fourth-order valence-electron chi connectivity index (χ4n) is 5.44. The summed E-state index contributed by atoms with van der Waals surface area (Å²) in [5.74, 6) is 7.10. The Labute approximate surface area is 241 Å². The molecule has 2 fully saturated rings. The second-order valence-corrected chi connectivity index (χ2v) is 13.2. The number of aryl methyl sites for hydroxylation is 1. The smallest absolute Gasteiger partial charge is 0.350 e. The van der Waals surface area contributed by atoms with E-state index in [4.69, 9.17) is 9.47 Å². The fraction of sp³-hybridized carbons (Fsp3) is 0.613. The lowest BCUT2D eigenvalue weighted by molar-refractivity contribution is -0.124. The molecule has 0 aromatic carbocycles. The van der Waals surface area contributed by atoms with Crippen molar-refractivity contribution in [2.24, 2.45) is 24.3 Å². The maximum Gasteiger partial charge on any atom is 0.350 e. The molecular weight excluding hydrogens is 526 g/mol. The van der Waals surface area contributed by atoms with E-state index in [2.05, 4.69) is 23.9 Å². The van der Waals surface area contributed by atoms with E-state index >= 15 is 0 Å². The number of aromatic nitrogens is 2. The van der Waals surface area contributed by atoms with Crippen molar-refractivity contribution < 1.29 is 19.1 Å². The molecule has 2 aliphatic rings. The lowest BCUT2D eigenvalue weighted by Gasteiger charge is -2.39. The van der Waals surface area contributed by atoms with Crippen LogP contribution in [0.4, 0.5) is 5.69 Å². The van der Waals surface area contributed by atoms with Crippen LogP contribution in [0, 0.1) is 29.1 Å². The minimum atomic E-state index is -0.448. The number of hydrogen-bond acceptors (Lipinski definition) is 7. The summed E-state index contributed by atoms with van der Waals surface area (Å²) < 4.78 is 12.5. The van der Waals surface area contributed by atoms with Gasteiger partial charge < -0.3 is 14.4 Å². The van der Waals surface area contributed by atoms with Crippen LogP contribution in [0.25, 0.3) is 0 Å². The van der Waals surface area contributed by atoms with Gasteiger partial charge in [-0.05, 0) is 84.1 Å². The highest BCUT2D eigenvalue weighted by atomic mass is 32.1. The largest absolute Gasteiger partial charge is 0.473 e. The Hall–Kier alpha value is -3.12. The second kappa shape index (κ2) is 12.6. The number of carbonyl (C=O) groups is 2. The van der Waals surface area contributed by atoms with E-state index in [1.165, 1.54) is 29.2 Å². The molecule has 40 heavy (non-hydrogen) atoms. The lowest BCUT2D eigenvalue weighted by Crippen LogP contribution is -2.47. The number of ether oxygens (including phenoxy) is 2. The molecule has 0 saturated heterocycles. The summed E-state index contributed by atoms with van der Waals surface area (Å²) in [5, 5.41) is 4.20. The van der Waals surface area contributed by atoms with Gasteiger partial charge in [0.25, 0.3) is 5.56 Å². The number of esters is 1. The molecule has 2 aromatic rings. The Bertz CT molecular complexity index is 1330. The van der Waals surface area contributed by atoms with E-state index in [9.17, 15) is 14.4 Å². The maximum atomic E-state index is 14.2. The molecule has 0 atom stereocenters. The standard InChI is InChI=1S/C31H41N3O5S/c1-20-7-9-21(10-8-20)29(36)34(25-19-24(17-18-31(2,3)4)40-28(25)30(37)38-6)22-11-13-23(14-12-22)39-26-15-16-27(35)33(5)32-26/h15-16,19-23H,7-14H2,1-6H3. The zero-order valence-electron chi connectivity index (χ0n) is 24.5. The van der Waals surface area contributed by atoms with Gasteiger partial charge in [-0.3, -0.25) is 9.59 Å². The van der Waals surface area contributed by atoms with Crippen molar-refractivity contribution in [3.8, 4) is 17.7 Å². The number of anilines is 1. The van der Waals surface area contributed by atoms with Crippen LogP contribution in [0.1, 0.15) is 93.6 Å². The zero-order valence-corrected chi connectivity index (χ0v) is 25.3. The van der Waals surface area contributed by atoms with E-state index < -0.39 is 5.97 Å². The van der Waals surface area contributed by atoms with Crippen molar-refractivity contribution in [3.63, 3.8) is 0 Å². The molecule has 9 heteroatoms. The number of thiophene rings is 1. The highest BCUT2D eigenvalue weighted by Gasteiger charge is 2.38. The van der Waals surface area contributed by atoms with Crippen molar-refractivity contribution in [2.45, 2.75) is 91.2 Å². The van der Waals surface area contributed by atoms with Crippen LogP contribution in [0.5, 0.6) is 5.88 Å². The summed E-state index contributed by atoms with van der Waals surface area (Å²) in [5.41, 5.74) is 0.233. The average Bonchev–Trinajstić information content (AvgIpc) is 3.34. The average molecular weight is 568 g/mol. The monoisotopic (exact) mass is 567 g/mol. The molecule has 0 bridgehead atoms. The Balaban J connectivity index is 1.62. The minimum Gasteiger partial charge on any atom is -0.473 e. The normalized spacial score (nSPS) is 23.1. The molecule has 0 radical (unpaired) electrons. The van der Waals surface area contributed by atoms with Crippen molar-refractivity contribution in [2.75, 3.05) is 12.0 Å². The molecular formula is C31H41N3O5S. The van der Waals surface area contributed by atoms with Gasteiger partial charge in [0.05, 0.1) is 17.7 Å². The molecule has 0 aliphatic heterocycles. The van der Waals surface area contributed by atoms with Crippen LogP contribution in [0.2, 0.25) is 0 Å². The first kappa shape index (κ1) is 29.9. The molecule has 1 amide bonds. The molecule has 4 rings (SSSR count). The molecule has 0 spiro atoms. The Morgan fingerprint density at radius 2 is 1.75 bits per heavy atom. The van der Waals surface area contributed by atoms with E-state index in [-0.39, 0.29) is 34.9 Å². The second-order valence-electron chi connectivity index (χ2n) is 12.2. The number of amides is 1. The Morgan fingerprint density at radius 1 is 1.07 bits per heavy atom. The van der Waals surface area contributed by atoms with Crippen LogP contribution in [0.3, 0.4) is 0 Å². The third kappa shape index (κ3) is 7.34. The van der Waals surface area contributed by atoms with Crippen molar-refractivity contribution in [3.05, 3.63) is 38.3 Å². The van der Waals surface area contributed by atoms with E-state index in [1.54, 1.807) is 13.1 Å². The van der Waals surface area contributed by atoms with E-state index in [1.807, 2.05) is 31.7 Å². The van der Waals surface area contributed by atoms with Gasteiger partial charge in [-0.25, -0.2) is 9.48 Å². The summed E-state index contributed by atoms with van der Waals surface area (Å²) in [4.78, 5) is 41.9. The van der Waals surface area contributed by atoms with Gasteiger partial charge in [0.15, 0.2) is 0 Å². The minimum absolute atomic E-state index is 0.0607.